The molecule has 28 nitrogen and oxygen atoms in total. The van der Waals surface area contributed by atoms with Crippen molar-refractivity contribution in [3.63, 3.8) is 0 Å². The molecule has 4 aliphatic rings. The van der Waals surface area contributed by atoms with E-state index in [0.717, 1.165) is 22.3 Å². The van der Waals surface area contributed by atoms with Gasteiger partial charge in [0.25, 0.3) is 0 Å². The summed E-state index contributed by atoms with van der Waals surface area (Å²) >= 11 is 18.9. The number of esters is 5. The topological polar surface area (TPSA) is 330 Å². The number of nitrogens with one attached hydrogen (secondary N) is 1. The quantitative estimate of drug-likeness (QED) is 0.0184. The molecule has 0 spiro atoms. The zero-order chi connectivity index (χ0) is 89.9. The summed E-state index contributed by atoms with van der Waals surface area (Å²) in [5.41, 5.74) is 3.68. The van der Waals surface area contributed by atoms with Crippen molar-refractivity contribution >= 4 is 70.7 Å². The van der Waals surface area contributed by atoms with Crippen LogP contribution in [0.5, 0.6) is 0 Å². The average molecular weight is 2280 g/mol. The largest absolute Gasteiger partial charge is 0.459 e. The summed E-state index contributed by atoms with van der Waals surface area (Å²) in [5, 5.41) is 27.0. The first-order valence-electron chi connectivity index (χ1n) is 41.8. The summed E-state index contributed by atoms with van der Waals surface area (Å²) in [6, 6.07) is 83.1. The monoisotopic (exact) mass is 2280 g/mol. The van der Waals surface area contributed by atoms with Gasteiger partial charge in [-0.2, -0.15) is 0 Å². The fourth-order valence-electron chi connectivity index (χ4n) is 15.0. The van der Waals surface area contributed by atoms with Gasteiger partial charge in [0, 0.05) is 95.2 Å². The Morgan fingerprint density at radius 2 is 0.634 bits per heavy atom. The summed E-state index contributed by atoms with van der Waals surface area (Å²) in [4.78, 5) is 90.7. The molecule has 131 heavy (non-hydrogen) atoms. The van der Waals surface area contributed by atoms with Gasteiger partial charge in [-0.1, -0.05) is 277 Å². The van der Waals surface area contributed by atoms with E-state index >= 15 is 19.2 Å². The van der Waals surface area contributed by atoms with Gasteiger partial charge < -0.3 is 106 Å². The average Bonchev–Trinajstić information content (AvgIpc) is 0.765. The molecule has 0 bridgehead atoms. The zero-order valence-electron chi connectivity index (χ0n) is 70.9. The van der Waals surface area contributed by atoms with Crippen LogP contribution in [0.25, 0.3) is 0 Å². The standard InChI is InChI=1S/C98H96Cl3NO27.2Ac/c1-111-94-78(104)77(103)79(72(121-94)57-112-52-62-32-12-2-13-33-62)128-96-87(127-92(109)71-50-30-11-31-51-71)85(126-91(108)70-48-28-10-29-49-70)82(124-89(106)68-44-24-8-25-45-68)75(123-96)60-118-93-76(102-97(110)119-61-98(99,100)101)83(125-90(107)69-46-26-9-27-47-69)81(74(120-93)59-117-88(105)67-42-22-7-23-43-67)129-95-86(116-56-66-40-20-6-21-41-66)84(115-55-65-38-18-5-19-39-65)80(114-54-64-36-16-4-17-37-64)73(122-95)58-113-53-63-34-14-3-15-35-63;;/h2-51,72-87,93-96,103-104H,52-61H2,1H3,(H,102,110);;. The number of alkyl carbamates (subject to hydrolysis) is 1. The molecule has 0 saturated carbocycles. The van der Waals surface area contributed by atoms with Gasteiger partial charge in [-0.05, 0) is 88.5 Å². The van der Waals surface area contributed by atoms with Gasteiger partial charge in [0.15, 0.2) is 49.6 Å². The molecule has 4 saturated heterocycles. The number of ether oxygens (including phenoxy) is 19. The van der Waals surface area contributed by atoms with E-state index in [2.05, 4.69) is 5.32 Å². The van der Waals surface area contributed by atoms with Crippen molar-refractivity contribution in [2.45, 2.75) is 160 Å². The van der Waals surface area contributed by atoms with Crippen LogP contribution in [0.3, 0.4) is 0 Å². The van der Waals surface area contributed by atoms with E-state index in [0.29, 0.717) is 5.56 Å². The van der Waals surface area contributed by atoms with Gasteiger partial charge in [0.1, 0.15) is 86.4 Å². The van der Waals surface area contributed by atoms with Crippen molar-refractivity contribution < 1.29 is 217 Å². The third kappa shape index (κ3) is 29.3. The van der Waals surface area contributed by atoms with Crippen LogP contribution >= 0.6 is 34.8 Å². The maximum absolute atomic E-state index is 15.6. The van der Waals surface area contributed by atoms with Crippen LogP contribution in [-0.2, 0) is 123 Å². The summed E-state index contributed by atoms with van der Waals surface area (Å²) in [5.74, 6) is -5.14. The normalized spacial score (nSPS) is 25.2. The number of carbonyl (C=O) groups excluding carboxylic acids is 6. The molecule has 20 unspecified atom stereocenters. The maximum Gasteiger partial charge on any atom is 0.407 e. The van der Waals surface area contributed by atoms with Crippen molar-refractivity contribution in [1.82, 2.24) is 5.32 Å². The molecule has 1 amide bonds. The van der Waals surface area contributed by atoms with Crippen LogP contribution in [-0.4, -0.2) is 213 Å². The van der Waals surface area contributed by atoms with Crippen molar-refractivity contribution in [3.05, 3.63) is 359 Å². The fraction of sp³-hybridized carbons (Fsp3) is 0.327. The molecule has 10 aromatic carbocycles. The number of rotatable bonds is 38. The summed E-state index contributed by atoms with van der Waals surface area (Å²) in [6.07, 6.45) is -34.3. The van der Waals surface area contributed by atoms with Gasteiger partial charge in [-0.25, -0.2) is 28.8 Å². The molecule has 4 heterocycles. The number of alkyl halides is 3. The predicted molar refractivity (Wildman–Crippen MR) is 464 cm³/mol. The van der Waals surface area contributed by atoms with Crippen LogP contribution in [0.1, 0.15) is 79.6 Å². The second-order valence-corrected chi connectivity index (χ2v) is 33.0. The smallest absolute Gasteiger partial charge is 0.407 e. The molecule has 4 fully saturated rings. The van der Waals surface area contributed by atoms with Crippen molar-refractivity contribution in [1.29, 1.82) is 0 Å². The van der Waals surface area contributed by atoms with E-state index in [1.165, 1.54) is 67.8 Å². The van der Waals surface area contributed by atoms with Crippen LogP contribution in [0, 0.1) is 88.1 Å². The molecule has 2 radical (unpaired) electrons. The Labute approximate surface area is 843 Å². The Hall–Kier alpha value is -8.03. The molecular formula is C98H96Ac2Cl3NO27. The van der Waals surface area contributed by atoms with Crippen LogP contribution in [0.2, 0.25) is 0 Å². The summed E-state index contributed by atoms with van der Waals surface area (Å²) < 4.78 is 125. The number of aliphatic hydroxyl groups is 2. The first kappa shape index (κ1) is 102. The van der Waals surface area contributed by atoms with E-state index in [9.17, 15) is 19.8 Å². The predicted octanol–water partition coefficient (Wildman–Crippen LogP) is 13.5. The van der Waals surface area contributed by atoms with Gasteiger partial charge in [0.2, 0.25) is 3.79 Å². The van der Waals surface area contributed by atoms with Gasteiger partial charge >= 0.3 is 35.9 Å². The Morgan fingerprint density at radius 3 is 1.05 bits per heavy atom. The third-order valence-electron chi connectivity index (χ3n) is 21.4. The molecule has 0 aromatic heterocycles. The first-order chi connectivity index (χ1) is 62.9. The minimum absolute atomic E-state index is 0. The van der Waals surface area contributed by atoms with E-state index in [4.69, 9.17) is 125 Å². The van der Waals surface area contributed by atoms with Crippen molar-refractivity contribution in [2.24, 2.45) is 0 Å². The van der Waals surface area contributed by atoms with Gasteiger partial charge in [0.05, 0.1) is 80.7 Å². The molecule has 682 valence electrons. The zero-order valence-corrected chi connectivity index (χ0v) is 82.6. The van der Waals surface area contributed by atoms with Crippen LogP contribution in [0.15, 0.2) is 303 Å². The molecule has 3 N–H and O–H groups in total. The molecule has 14 rings (SSSR count). The van der Waals surface area contributed by atoms with E-state index in [1.54, 1.807) is 91.0 Å². The SMILES string of the molecule is COC1OC(COCc2ccccc2)C(OC2OC(COC3OC(COC(=O)c4ccccc4)C(OC4OC(COCc5ccccc5)C(OCc5ccccc5)C(OCc5ccccc5)C4OCc4ccccc4)C(OC(=O)c4ccccc4)C3NC(=O)OCC(Cl)(Cl)Cl)C(OC(=O)c3ccccc3)C(OC(=O)c3ccccc3)C2OC(=O)c2ccccc2)C(O)C1O.[Ac].[Ac]. The number of carbonyl (C=O) groups is 6. The minimum atomic E-state index is -2.25. The number of methoxy groups -OCH3 is 1. The summed E-state index contributed by atoms with van der Waals surface area (Å²) in [7, 11) is 1.24. The van der Waals surface area contributed by atoms with Gasteiger partial charge in [-0.3, -0.25) is 0 Å². The van der Waals surface area contributed by atoms with E-state index in [-0.39, 0.29) is 162 Å². The molecule has 33 heteroatoms. The number of hydrogen-bond donors (Lipinski definition) is 3. The number of benzene rings is 10. The van der Waals surface area contributed by atoms with E-state index in [1.807, 2.05) is 152 Å². The number of hydrogen-bond acceptors (Lipinski definition) is 27. The van der Waals surface area contributed by atoms with Crippen LogP contribution in [0.4, 0.5) is 4.79 Å². The van der Waals surface area contributed by atoms with Crippen molar-refractivity contribution in [2.75, 3.05) is 40.1 Å². The molecule has 20 atom stereocenters. The maximum atomic E-state index is 15.6. The number of amides is 1. The molecule has 0 aliphatic carbocycles. The summed E-state index contributed by atoms with van der Waals surface area (Å²) in [6.45, 7) is -3.29. The molecule has 10 aromatic rings. The third-order valence-corrected chi connectivity index (χ3v) is 21.7. The second kappa shape index (κ2) is 51.6. The Kier molecular flexibility index (Phi) is 40.2. The Balaban J connectivity index is 0.00000776. The van der Waals surface area contributed by atoms with Gasteiger partial charge in [-0.15, -0.1) is 0 Å². The molecule has 4 aliphatic heterocycles. The van der Waals surface area contributed by atoms with Crippen LogP contribution < -0.4 is 5.32 Å². The second-order valence-electron chi connectivity index (χ2n) is 30.5. The fourth-order valence-corrected chi connectivity index (χ4v) is 15.2. The van der Waals surface area contributed by atoms with Crippen molar-refractivity contribution in [3.8, 4) is 0 Å². The molecular weight excluding hydrogens is 2180 g/mol. The number of halogens is 3. The Morgan fingerprint density at radius 1 is 0.313 bits per heavy atom. The van der Waals surface area contributed by atoms with E-state index < -0.39 is 182 Å². The first-order valence-corrected chi connectivity index (χ1v) is 42.9. The number of aliphatic hydroxyl groups excluding tert-OH is 2. The Bertz CT molecular complexity index is 5130. The minimum Gasteiger partial charge on any atom is -0.459 e.